The molecule has 1 heterocycles. The van der Waals surface area contributed by atoms with Gasteiger partial charge in [-0.25, -0.2) is 4.79 Å². The van der Waals surface area contributed by atoms with Crippen LogP contribution in [0.5, 0.6) is 17.5 Å². The van der Waals surface area contributed by atoms with E-state index in [0.717, 1.165) is 12.8 Å². The van der Waals surface area contributed by atoms with Crippen LogP contribution >= 0.6 is 0 Å². The van der Waals surface area contributed by atoms with Crippen molar-refractivity contribution in [2.45, 2.75) is 32.1 Å². The van der Waals surface area contributed by atoms with Crippen LogP contribution in [0.25, 0.3) is 0 Å². The van der Waals surface area contributed by atoms with Gasteiger partial charge in [0.2, 0.25) is 11.8 Å². The minimum absolute atomic E-state index is 0.251. The van der Waals surface area contributed by atoms with Crippen molar-refractivity contribution in [2.24, 2.45) is 11.7 Å². The normalized spacial score (nSPS) is 15.0. The number of aromatic nitrogens is 1. The van der Waals surface area contributed by atoms with E-state index in [-0.39, 0.29) is 24.1 Å². The van der Waals surface area contributed by atoms with Crippen LogP contribution in [0, 0.1) is 5.92 Å². The number of hydrogen-bond donors (Lipinski definition) is 3. The summed E-state index contributed by atoms with van der Waals surface area (Å²) in [7, 11) is 0. The Labute approximate surface area is 134 Å². The summed E-state index contributed by atoms with van der Waals surface area (Å²) in [5, 5.41) is 11.6. The highest BCUT2D eigenvalue weighted by Gasteiger charge is 2.16. The van der Waals surface area contributed by atoms with Crippen LogP contribution in [0.1, 0.15) is 32.1 Å². The van der Waals surface area contributed by atoms with Gasteiger partial charge in [-0.3, -0.25) is 10.1 Å². The van der Waals surface area contributed by atoms with Crippen LogP contribution in [0.4, 0.5) is 4.79 Å². The third-order valence-electron chi connectivity index (χ3n) is 3.62. The zero-order chi connectivity index (χ0) is 16.7. The van der Waals surface area contributed by atoms with Crippen LogP contribution in [0.3, 0.4) is 0 Å². The van der Waals surface area contributed by atoms with Crippen molar-refractivity contribution in [3.8, 4) is 17.5 Å². The van der Waals surface area contributed by atoms with Crippen molar-refractivity contribution in [3.05, 3.63) is 12.1 Å². The number of aromatic hydroxyl groups is 1. The molecular weight excluding hydrogens is 302 g/mol. The maximum absolute atomic E-state index is 11.4. The van der Waals surface area contributed by atoms with Crippen molar-refractivity contribution >= 4 is 12.0 Å². The van der Waals surface area contributed by atoms with E-state index >= 15 is 0 Å². The van der Waals surface area contributed by atoms with Crippen LogP contribution in [0.15, 0.2) is 12.1 Å². The topological polar surface area (TPSA) is 124 Å². The zero-order valence-corrected chi connectivity index (χ0v) is 12.8. The highest BCUT2D eigenvalue weighted by molar-refractivity contribution is 5.93. The first-order valence-corrected chi connectivity index (χ1v) is 7.63. The molecule has 4 N–H and O–H groups in total. The fraction of sp³-hybridized carbons (Fsp3) is 0.533. The number of pyridine rings is 1. The van der Waals surface area contributed by atoms with Crippen LogP contribution in [-0.2, 0) is 4.79 Å². The molecule has 8 nitrogen and oxygen atoms in total. The molecule has 0 bridgehead atoms. The lowest BCUT2D eigenvalue weighted by atomic mass is 9.90. The van der Waals surface area contributed by atoms with Crippen molar-refractivity contribution in [2.75, 3.05) is 13.2 Å². The molecule has 0 unspecified atom stereocenters. The molecule has 0 radical (unpaired) electrons. The molecule has 0 saturated heterocycles. The van der Waals surface area contributed by atoms with Gasteiger partial charge in [0, 0.05) is 6.07 Å². The summed E-state index contributed by atoms with van der Waals surface area (Å²) in [6.45, 7) is 0.189. The molecule has 0 atom stereocenters. The third kappa shape index (κ3) is 5.41. The number of hydrogen-bond acceptors (Lipinski definition) is 7. The minimum atomic E-state index is -1.06. The first-order valence-electron chi connectivity index (χ1n) is 7.63. The van der Waals surface area contributed by atoms with E-state index in [1.54, 1.807) is 0 Å². The van der Waals surface area contributed by atoms with Gasteiger partial charge in [-0.1, -0.05) is 19.3 Å². The molecule has 0 aromatic carbocycles. The first-order chi connectivity index (χ1) is 11.1. The Hall–Kier alpha value is -2.35. The van der Waals surface area contributed by atoms with E-state index in [9.17, 15) is 14.7 Å². The molecule has 2 amide bonds. The van der Waals surface area contributed by atoms with Crippen molar-refractivity contribution < 1.29 is 24.2 Å². The number of rotatable bonds is 5. The maximum atomic E-state index is 11.4. The van der Waals surface area contributed by atoms with Gasteiger partial charge in [0.15, 0.2) is 5.75 Å². The largest absolute Gasteiger partial charge is 0.503 e. The molecule has 1 aromatic heterocycles. The summed E-state index contributed by atoms with van der Waals surface area (Å²) < 4.78 is 10.4. The lowest BCUT2D eigenvalue weighted by molar-refractivity contribution is -0.118. The molecule has 8 heteroatoms. The summed E-state index contributed by atoms with van der Waals surface area (Å²) in [5.41, 5.74) is 5.07. The van der Waals surface area contributed by atoms with Gasteiger partial charge in [0.25, 0.3) is 5.88 Å². The third-order valence-corrected chi connectivity index (χ3v) is 3.62. The fourth-order valence-electron chi connectivity index (χ4n) is 2.41. The molecule has 0 spiro atoms. The Morgan fingerprint density at radius 1 is 1.30 bits per heavy atom. The van der Waals surface area contributed by atoms with Crippen LogP contribution in [-0.4, -0.2) is 35.2 Å². The smallest absolute Gasteiger partial charge is 0.420 e. The average Bonchev–Trinajstić information content (AvgIpc) is 2.56. The second-order valence-corrected chi connectivity index (χ2v) is 5.43. The number of ether oxygens (including phenoxy) is 2. The second kappa shape index (κ2) is 8.33. The van der Waals surface area contributed by atoms with Crippen LogP contribution in [0.2, 0.25) is 0 Å². The molecular formula is C15H21N3O5. The van der Waals surface area contributed by atoms with Gasteiger partial charge >= 0.3 is 6.09 Å². The summed E-state index contributed by atoms with van der Waals surface area (Å²) in [6, 6.07) is 2.81. The molecule has 126 valence electrons. The van der Waals surface area contributed by atoms with Gasteiger partial charge in [0.1, 0.15) is 0 Å². The van der Waals surface area contributed by atoms with Crippen LogP contribution < -0.4 is 20.5 Å². The van der Waals surface area contributed by atoms with Gasteiger partial charge in [-0.2, -0.15) is 4.98 Å². The van der Waals surface area contributed by atoms with E-state index in [4.69, 9.17) is 15.2 Å². The highest BCUT2D eigenvalue weighted by atomic mass is 16.6. The monoisotopic (exact) mass is 323 g/mol. The van der Waals surface area contributed by atoms with E-state index in [1.807, 2.05) is 5.32 Å². The predicted octanol–water partition coefficient (Wildman–Crippen LogP) is 1.32. The quantitative estimate of drug-likeness (QED) is 0.746. The van der Waals surface area contributed by atoms with E-state index in [1.165, 1.54) is 31.4 Å². The molecule has 2 rings (SSSR count). The van der Waals surface area contributed by atoms with Gasteiger partial charge in [-0.05, 0) is 24.8 Å². The number of nitrogens with one attached hydrogen (secondary N) is 1. The van der Waals surface area contributed by atoms with Gasteiger partial charge in [0.05, 0.1) is 13.2 Å². The second-order valence-electron chi connectivity index (χ2n) is 5.43. The average molecular weight is 323 g/mol. The van der Waals surface area contributed by atoms with Gasteiger partial charge in [-0.15, -0.1) is 0 Å². The fourth-order valence-corrected chi connectivity index (χ4v) is 2.41. The summed E-state index contributed by atoms with van der Waals surface area (Å²) in [5.74, 6) is -0.603. The Bertz CT molecular complexity index is 558. The van der Waals surface area contributed by atoms with Crippen molar-refractivity contribution in [1.82, 2.24) is 10.3 Å². The highest BCUT2D eigenvalue weighted by Crippen LogP contribution is 2.28. The molecule has 23 heavy (non-hydrogen) atoms. The number of carbonyl (C=O) groups is 2. The summed E-state index contributed by atoms with van der Waals surface area (Å²) >= 11 is 0. The number of carbonyl (C=O) groups excluding carboxylic acids is 2. The Morgan fingerprint density at radius 2 is 2.04 bits per heavy atom. The zero-order valence-electron chi connectivity index (χ0n) is 12.8. The van der Waals surface area contributed by atoms with E-state index in [0.29, 0.717) is 12.5 Å². The number of amides is 2. The van der Waals surface area contributed by atoms with Gasteiger partial charge < -0.3 is 20.3 Å². The number of nitrogens with zero attached hydrogens (tertiary/aromatic N) is 1. The Morgan fingerprint density at radius 3 is 2.74 bits per heavy atom. The lowest BCUT2D eigenvalue weighted by Gasteiger charge is -2.21. The van der Waals surface area contributed by atoms with E-state index < -0.39 is 12.0 Å². The first kappa shape index (κ1) is 17.0. The Kier molecular flexibility index (Phi) is 6.16. The summed E-state index contributed by atoms with van der Waals surface area (Å²) in [6.07, 6.45) is 4.88. The lowest BCUT2D eigenvalue weighted by Crippen LogP contribution is -2.37. The molecule has 1 fully saturated rings. The molecule has 1 aromatic rings. The van der Waals surface area contributed by atoms with Crippen molar-refractivity contribution in [1.29, 1.82) is 0 Å². The molecule has 1 aliphatic carbocycles. The van der Waals surface area contributed by atoms with E-state index in [2.05, 4.69) is 4.98 Å². The Balaban J connectivity index is 1.92. The number of imide groups is 1. The molecule has 0 aliphatic heterocycles. The minimum Gasteiger partial charge on any atom is -0.503 e. The maximum Gasteiger partial charge on any atom is 0.420 e. The summed E-state index contributed by atoms with van der Waals surface area (Å²) in [4.78, 5) is 26.4. The molecule has 1 saturated carbocycles. The number of nitrogens with two attached hydrogens (primary N) is 1. The SMILES string of the molecule is NCC(=O)NC(=O)Oc1nc(OCC2CCCCC2)ccc1O. The molecule has 1 aliphatic rings. The predicted molar refractivity (Wildman–Crippen MR) is 81.2 cm³/mol. The standard InChI is InChI=1S/C15H21N3O5/c16-8-12(20)17-15(21)23-14-11(19)6-7-13(18-14)22-9-10-4-2-1-3-5-10/h6-7,10,19H,1-5,8-9,16H2,(H,17,20,21). The van der Waals surface area contributed by atoms with Crippen molar-refractivity contribution in [3.63, 3.8) is 0 Å².